The molecule has 1 aromatic rings. The lowest BCUT2D eigenvalue weighted by atomic mass is 9.70. The van der Waals surface area contributed by atoms with Crippen LogP contribution < -0.4 is 5.32 Å². The fourth-order valence-corrected chi connectivity index (χ4v) is 4.94. The molecule has 0 saturated carbocycles. The largest absolute Gasteiger partial charge is 0.391 e. The zero-order valence-electron chi connectivity index (χ0n) is 18.2. The molecule has 0 spiro atoms. The number of β-amino-alcohol motifs (C(OH)–C–C–N with tert-alkyl or cyclic N) is 1. The van der Waals surface area contributed by atoms with Crippen molar-refractivity contribution in [1.82, 2.24) is 15.1 Å². The normalized spacial score (nSPS) is 26.0. The van der Waals surface area contributed by atoms with Gasteiger partial charge in [0.15, 0.2) is 0 Å². The van der Waals surface area contributed by atoms with E-state index in [9.17, 15) is 9.90 Å². The second-order valence-electron chi connectivity index (χ2n) is 9.81. The number of piperidine rings is 1. The summed E-state index contributed by atoms with van der Waals surface area (Å²) in [4.78, 5) is 16.8. The number of benzene rings is 1. The molecule has 1 unspecified atom stereocenters. The molecular weight excluding hydrogens is 386 g/mol. The third-order valence-electron chi connectivity index (χ3n) is 6.60. The minimum atomic E-state index is -0.383. The number of urea groups is 1. The van der Waals surface area contributed by atoms with Crippen LogP contribution in [0.5, 0.6) is 0 Å². The van der Waals surface area contributed by atoms with Crippen LogP contribution >= 0.6 is 11.6 Å². The van der Waals surface area contributed by atoms with Gasteiger partial charge in [0.25, 0.3) is 0 Å². The number of halogens is 1. The zero-order valence-corrected chi connectivity index (χ0v) is 19.0. The number of amides is 2. The van der Waals surface area contributed by atoms with Gasteiger partial charge in [0, 0.05) is 37.2 Å². The van der Waals surface area contributed by atoms with E-state index >= 15 is 0 Å². The second kappa shape index (κ2) is 9.23. The maximum Gasteiger partial charge on any atom is 0.317 e. The van der Waals surface area contributed by atoms with Gasteiger partial charge in [-0.05, 0) is 54.3 Å². The topological polar surface area (TPSA) is 55.8 Å². The van der Waals surface area contributed by atoms with Gasteiger partial charge in [-0.3, -0.25) is 0 Å². The van der Waals surface area contributed by atoms with E-state index in [2.05, 4.69) is 50.0 Å². The number of likely N-dealkylation sites (tertiary alicyclic amines) is 2. The first kappa shape index (κ1) is 22.4. The van der Waals surface area contributed by atoms with Crippen LogP contribution in [0.15, 0.2) is 24.3 Å². The summed E-state index contributed by atoms with van der Waals surface area (Å²) in [6.45, 7) is 13.0. The molecule has 2 amide bonds. The van der Waals surface area contributed by atoms with E-state index < -0.39 is 0 Å². The van der Waals surface area contributed by atoms with Crippen LogP contribution in [0.3, 0.4) is 0 Å². The molecule has 0 aromatic heterocycles. The van der Waals surface area contributed by atoms with Gasteiger partial charge >= 0.3 is 6.03 Å². The lowest BCUT2D eigenvalue weighted by Crippen LogP contribution is -2.54. The summed E-state index contributed by atoms with van der Waals surface area (Å²) in [5.74, 6) is 0.859. The van der Waals surface area contributed by atoms with E-state index in [-0.39, 0.29) is 23.6 Å². The van der Waals surface area contributed by atoms with E-state index in [4.69, 9.17) is 11.6 Å². The van der Waals surface area contributed by atoms with Gasteiger partial charge in [-0.25, -0.2) is 4.79 Å². The van der Waals surface area contributed by atoms with Gasteiger partial charge in [-0.2, -0.15) is 0 Å². The Morgan fingerprint density at radius 2 is 1.93 bits per heavy atom. The van der Waals surface area contributed by atoms with Crippen LogP contribution in [0.25, 0.3) is 0 Å². The summed E-state index contributed by atoms with van der Waals surface area (Å²) in [6, 6.07) is 8.34. The SMILES string of the molecule is CC(C)[C@H](CN1CCC(c2ccc(Cl)cc2)C(C)(C)C1)NC(=O)N1CC[C@H](O)C1. The Bertz CT molecular complexity index is 692. The highest BCUT2D eigenvalue weighted by molar-refractivity contribution is 6.30. The number of nitrogens with one attached hydrogen (secondary N) is 1. The summed E-state index contributed by atoms with van der Waals surface area (Å²) in [7, 11) is 0. The van der Waals surface area contributed by atoms with Crippen molar-refractivity contribution in [2.75, 3.05) is 32.7 Å². The molecule has 3 rings (SSSR count). The number of rotatable bonds is 5. The Labute approximate surface area is 180 Å². The third-order valence-corrected chi connectivity index (χ3v) is 6.85. The Balaban J connectivity index is 1.60. The van der Waals surface area contributed by atoms with Crippen LogP contribution in [0.1, 0.15) is 52.0 Å². The van der Waals surface area contributed by atoms with Gasteiger partial charge in [-0.1, -0.05) is 51.4 Å². The maximum absolute atomic E-state index is 12.6. The average molecular weight is 422 g/mol. The van der Waals surface area contributed by atoms with Crippen LogP contribution in [0.2, 0.25) is 5.02 Å². The van der Waals surface area contributed by atoms with Crippen molar-refractivity contribution >= 4 is 17.6 Å². The minimum Gasteiger partial charge on any atom is -0.391 e. The molecule has 2 aliphatic rings. The molecule has 0 aliphatic carbocycles. The molecule has 0 radical (unpaired) electrons. The first-order valence-corrected chi connectivity index (χ1v) is 11.2. The standard InChI is InChI=1S/C23H36ClN3O2/c1-16(2)21(25-22(29)27-12-9-19(28)13-27)14-26-11-10-20(23(3,4)15-26)17-5-7-18(24)8-6-17/h5-8,16,19-21,28H,9-15H2,1-4H3,(H,25,29)/t19-,20?,21-/m0/s1. The van der Waals surface area contributed by atoms with Crippen molar-refractivity contribution in [2.24, 2.45) is 11.3 Å². The van der Waals surface area contributed by atoms with Gasteiger partial charge in [0.2, 0.25) is 0 Å². The molecular formula is C23H36ClN3O2. The lowest BCUT2D eigenvalue weighted by molar-refractivity contribution is 0.0794. The molecule has 2 aliphatic heterocycles. The molecule has 0 bridgehead atoms. The number of aliphatic hydroxyl groups excluding tert-OH is 1. The van der Waals surface area contributed by atoms with E-state index in [1.54, 1.807) is 4.90 Å². The fraction of sp³-hybridized carbons (Fsp3) is 0.696. The molecule has 2 heterocycles. The molecule has 1 aromatic carbocycles. The Kier molecular flexibility index (Phi) is 7.13. The number of aliphatic hydroxyl groups is 1. The molecule has 29 heavy (non-hydrogen) atoms. The molecule has 2 saturated heterocycles. The lowest BCUT2D eigenvalue weighted by Gasteiger charge is -2.46. The number of carbonyl (C=O) groups excluding carboxylic acids is 1. The summed E-state index contributed by atoms with van der Waals surface area (Å²) in [6.07, 6.45) is 1.39. The zero-order chi connectivity index (χ0) is 21.2. The summed E-state index contributed by atoms with van der Waals surface area (Å²) >= 11 is 6.07. The van der Waals surface area contributed by atoms with Crippen LogP contribution in [-0.4, -0.2) is 65.8 Å². The van der Waals surface area contributed by atoms with Gasteiger partial charge < -0.3 is 20.2 Å². The van der Waals surface area contributed by atoms with Gasteiger partial charge in [-0.15, -0.1) is 0 Å². The van der Waals surface area contributed by atoms with Crippen LogP contribution in [0, 0.1) is 11.3 Å². The average Bonchev–Trinajstić information content (AvgIpc) is 3.08. The number of nitrogens with zero attached hydrogens (tertiary/aromatic N) is 2. The van der Waals surface area contributed by atoms with Crippen molar-refractivity contribution < 1.29 is 9.90 Å². The Morgan fingerprint density at radius 3 is 2.48 bits per heavy atom. The molecule has 3 atom stereocenters. The molecule has 162 valence electrons. The van der Waals surface area contributed by atoms with Gasteiger partial charge in [0.1, 0.15) is 0 Å². The fourth-order valence-electron chi connectivity index (χ4n) is 4.81. The highest BCUT2D eigenvalue weighted by atomic mass is 35.5. The molecule has 2 N–H and O–H groups in total. The van der Waals surface area contributed by atoms with E-state index in [0.29, 0.717) is 31.3 Å². The van der Waals surface area contributed by atoms with E-state index in [0.717, 1.165) is 31.1 Å². The van der Waals surface area contributed by atoms with Crippen molar-refractivity contribution in [2.45, 2.75) is 58.6 Å². The first-order chi connectivity index (χ1) is 13.7. The summed E-state index contributed by atoms with van der Waals surface area (Å²) in [5.41, 5.74) is 1.51. The van der Waals surface area contributed by atoms with Gasteiger partial charge in [0.05, 0.1) is 6.10 Å². The number of carbonyl (C=O) groups is 1. The molecule has 6 heteroatoms. The summed E-state index contributed by atoms with van der Waals surface area (Å²) < 4.78 is 0. The van der Waals surface area contributed by atoms with E-state index in [1.807, 2.05) is 12.1 Å². The molecule has 5 nitrogen and oxygen atoms in total. The molecule has 2 fully saturated rings. The Morgan fingerprint density at radius 1 is 1.24 bits per heavy atom. The predicted octanol–water partition coefficient (Wildman–Crippen LogP) is 3.96. The van der Waals surface area contributed by atoms with Crippen molar-refractivity contribution in [1.29, 1.82) is 0 Å². The predicted molar refractivity (Wildman–Crippen MR) is 118 cm³/mol. The highest BCUT2D eigenvalue weighted by Crippen LogP contribution is 2.42. The van der Waals surface area contributed by atoms with E-state index in [1.165, 1.54) is 5.56 Å². The smallest absolute Gasteiger partial charge is 0.317 e. The maximum atomic E-state index is 12.6. The van der Waals surface area contributed by atoms with Crippen LogP contribution in [0.4, 0.5) is 4.79 Å². The number of hydrogen-bond donors (Lipinski definition) is 2. The second-order valence-corrected chi connectivity index (χ2v) is 10.2. The minimum absolute atomic E-state index is 0.0458. The first-order valence-electron chi connectivity index (χ1n) is 10.9. The highest BCUT2D eigenvalue weighted by Gasteiger charge is 2.38. The van der Waals surface area contributed by atoms with Crippen molar-refractivity contribution in [3.05, 3.63) is 34.9 Å². The Hall–Kier alpha value is -1.30. The third kappa shape index (κ3) is 5.65. The van der Waals surface area contributed by atoms with Crippen LogP contribution in [-0.2, 0) is 0 Å². The van der Waals surface area contributed by atoms with Crippen molar-refractivity contribution in [3.63, 3.8) is 0 Å². The number of hydrogen-bond acceptors (Lipinski definition) is 3. The quantitative estimate of drug-likeness (QED) is 0.756. The summed E-state index contributed by atoms with van der Waals surface area (Å²) in [5, 5.41) is 13.7. The monoisotopic (exact) mass is 421 g/mol. The van der Waals surface area contributed by atoms with Crippen molar-refractivity contribution in [3.8, 4) is 0 Å².